The average molecular weight is 338 g/mol. The number of benzene rings is 1. The van der Waals surface area contributed by atoms with Gasteiger partial charge in [0.15, 0.2) is 0 Å². The second-order valence-corrected chi connectivity index (χ2v) is 4.73. The molecule has 0 unspecified atom stereocenters. The van der Waals surface area contributed by atoms with Gasteiger partial charge in [0.05, 0.1) is 29.7 Å². The Morgan fingerprint density at radius 2 is 2.16 bits per heavy atom. The van der Waals surface area contributed by atoms with E-state index in [4.69, 9.17) is 16.9 Å². The van der Waals surface area contributed by atoms with Gasteiger partial charge in [-0.15, -0.1) is 0 Å². The fourth-order valence-electron chi connectivity index (χ4n) is 1.30. The summed E-state index contributed by atoms with van der Waals surface area (Å²) in [6.45, 7) is 0. The Bertz CT molecular complexity index is 666. The van der Waals surface area contributed by atoms with Crippen molar-refractivity contribution in [3.8, 4) is 6.07 Å². The zero-order valence-corrected chi connectivity index (χ0v) is 11.7. The monoisotopic (exact) mass is 336 g/mol. The molecule has 5 nitrogen and oxygen atoms in total. The van der Waals surface area contributed by atoms with Gasteiger partial charge in [0, 0.05) is 4.47 Å². The van der Waals surface area contributed by atoms with Crippen molar-refractivity contribution in [1.82, 2.24) is 9.97 Å². The molecule has 94 valence electrons. The number of rotatable bonds is 2. The molecule has 0 spiro atoms. The summed E-state index contributed by atoms with van der Waals surface area (Å²) in [7, 11) is 0. The van der Waals surface area contributed by atoms with Crippen LogP contribution in [0.15, 0.2) is 35.1 Å². The van der Waals surface area contributed by atoms with Crippen LogP contribution in [-0.4, -0.2) is 15.9 Å². The number of carbonyl (C=O) groups is 1. The lowest BCUT2D eigenvalue weighted by Gasteiger charge is -2.06. The van der Waals surface area contributed by atoms with Crippen LogP contribution in [0.5, 0.6) is 0 Å². The van der Waals surface area contributed by atoms with Crippen LogP contribution in [0.3, 0.4) is 0 Å². The summed E-state index contributed by atoms with van der Waals surface area (Å²) in [5.74, 6) is -0.408. The number of hydrogen-bond donors (Lipinski definition) is 1. The molecule has 0 aliphatic heterocycles. The maximum Gasteiger partial charge on any atom is 0.275 e. The van der Waals surface area contributed by atoms with Gasteiger partial charge in [0.2, 0.25) is 0 Å². The third kappa shape index (κ3) is 3.28. The topological polar surface area (TPSA) is 78.7 Å². The molecule has 2 aromatic rings. The fourth-order valence-corrected chi connectivity index (χ4v) is 1.88. The molecule has 0 fully saturated rings. The Kier molecular flexibility index (Phi) is 4.10. The van der Waals surface area contributed by atoms with Crippen LogP contribution in [0.1, 0.15) is 16.1 Å². The van der Waals surface area contributed by atoms with Gasteiger partial charge in [0.1, 0.15) is 10.8 Å². The van der Waals surface area contributed by atoms with E-state index in [9.17, 15) is 4.79 Å². The minimum absolute atomic E-state index is 0.153. The van der Waals surface area contributed by atoms with Gasteiger partial charge in [-0.2, -0.15) is 5.26 Å². The van der Waals surface area contributed by atoms with E-state index in [1.54, 1.807) is 18.2 Å². The first-order valence-electron chi connectivity index (χ1n) is 5.08. The molecule has 1 aromatic heterocycles. The SMILES string of the molecule is N#Cc1ccc(NC(=O)c2cnc(Cl)cn2)c(Br)c1. The predicted octanol–water partition coefficient (Wildman–Crippen LogP) is 3.02. The van der Waals surface area contributed by atoms with E-state index in [0.717, 1.165) is 0 Å². The van der Waals surface area contributed by atoms with Gasteiger partial charge in [-0.05, 0) is 34.1 Å². The summed E-state index contributed by atoms with van der Waals surface area (Å²) in [5, 5.41) is 11.6. The molecule has 0 aliphatic rings. The molecule has 7 heteroatoms. The highest BCUT2D eigenvalue weighted by molar-refractivity contribution is 9.10. The van der Waals surface area contributed by atoms with Crippen LogP contribution in [0.25, 0.3) is 0 Å². The fraction of sp³-hybridized carbons (Fsp3) is 0. The molecule has 19 heavy (non-hydrogen) atoms. The van der Waals surface area contributed by atoms with Gasteiger partial charge in [0.25, 0.3) is 5.91 Å². The third-order valence-corrected chi connectivity index (χ3v) is 3.05. The molecule has 1 N–H and O–H groups in total. The van der Waals surface area contributed by atoms with Crippen LogP contribution in [-0.2, 0) is 0 Å². The van der Waals surface area contributed by atoms with Gasteiger partial charge >= 0.3 is 0 Å². The predicted molar refractivity (Wildman–Crippen MR) is 73.9 cm³/mol. The van der Waals surface area contributed by atoms with Crippen molar-refractivity contribution in [2.75, 3.05) is 5.32 Å². The van der Waals surface area contributed by atoms with Crippen molar-refractivity contribution in [3.05, 3.63) is 51.5 Å². The first-order valence-corrected chi connectivity index (χ1v) is 6.26. The quantitative estimate of drug-likeness (QED) is 0.913. The standard InChI is InChI=1S/C12H6BrClN4O/c13-8-3-7(4-15)1-2-9(8)18-12(19)10-5-17-11(14)6-16-10/h1-3,5-6H,(H,18,19). The molecule has 1 amide bonds. The van der Waals surface area contributed by atoms with Crippen molar-refractivity contribution >= 4 is 39.1 Å². The average Bonchev–Trinajstić information content (AvgIpc) is 2.41. The Hall–Kier alpha value is -1.97. The van der Waals surface area contributed by atoms with Gasteiger partial charge < -0.3 is 5.32 Å². The molecular weight excluding hydrogens is 332 g/mol. The molecule has 1 heterocycles. The second-order valence-electron chi connectivity index (χ2n) is 3.48. The molecule has 0 atom stereocenters. The summed E-state index contributed by atoms with van der Waals surface area (Å²) < 4.78 is 0.613. The van der Waals surface area contributed by atoms with E-state index >= 15 is 0 Å². The largest absolute Gasteiger partial charge is 0.320 e. The van der Waals surface area contributed by atoms with E-state index in [1.807, 2.05) is 6.07 Å². The Labute approximate surface area is 122 Å². The van der Waals surface area contributed by atoms with Crippen LogP contribution in [0.4, 0.5) is 5.69 Å². The number of nitrogens with one attached hydrogen (secondary N) is 1. The van der Waals surface area contributed by atoms with E-state index in [0.29, 0.717) is 15.7 Å². The normalized spacial score (nSPS) is 9.74. The summed E-state index contributed by atoms with van der Waals surface area (Å²) in [4.78, 5) is 19.5. The lowest BCUT2D eigenvalue weighted by atomic mass is 10.2. The van der Waals surface area contributed by atoms with Crippen LogP contribution in [0, 0.1) is 11.3 Å². The minimum Gasteiger partial charge on any atom is -0.320 e. The maximum atomic E-state index is 11.9. The van der Waals surface area contributed by atoms with Crippen molar-refractivity contribution in [2.24, 2.45) is 0 Å². The molecule has 2 rings (SSSR count). The number of amides is 1. The summed E-state index contributed by atoms with van der Waals surface area (Å²) >= 11 is 8.87. The Balaban J connectivity index is 2.20. The molecule has 0 radical (unpaired) electrons. The number of nitrogens with zero attached hydrogens (tertiary/aromatic N) is 3. The van der Waals surface area contributed by atoms with Crippen LogP contribution < -0.4 is 5.32 Å². The highest BCUT2D eigenvalue weighted by atomic mass is 79.9. The summed E-state index contributed by atoms with van der Waals surface area (Å²) in [6, 6.07) is 6.85. The number of carbonyl (C=O) groups excluding carboxylic acids is 1. The zero-order chi connectivity index (χ0) is 13.8. The maximum absolute atomic E-state index is 11.9. The summed E-state index contributed by atoms with van der Waals surface area (Å²) in [5.41, 5.74) is 1.19. The highest BCUT2D eigenvalue weighted by Gasteiger charge is 2.10. The van der Waals surface area contributed by atoms with Gasteiger partial charge in [-0.3, -0.25) is 4.79 Å². The van der Waals surface area contributed by atoms with Gasteiger partial charge in [-0.1, -0.05) is 11.6 Å². The second kappa shape index (κ2) is 5.78. The van der Waals surface area contributed by atoms with Crippen LogP contribution in [0.2, 0.25) is 5.15 Å². The van der Waals surface area contributed by atoms with E-state index in [2.05, 4.69) is 31.2 Å². The molecular formula is C12H6BrClN4O. The number of aromatic nitrogens is 2. The third-order valence-electron chi connectivity index (χ3n) is 2.20. The zero-order valence-electron chi connectivity index (χ0n) is 9.39. The number of nitriles is 1. The van der Waals surface area contributed by atoms with Crippen molar-refractivity contribution in [3.63, 3.8) is 0 Å². The molecule has 1 aromatic carbocycles. The number of hydrogen-bond acceptors (Lipinski definition) is 4. The van der Waals surface area contributed by atoms with E-state index in [-0.39, 0.29) is 10.8 Å². The first-order chi connectivity index (χ1) is 9.10. The lowest BCUT2D eigenvalue weighted by Crippen LogP contribution is -2.14. The van der Waals surface area contributed by atoms with E-state index in [1.165, 1.54) is 12.4 Å². The Morgan fingerprint density at radius 1 is 1.37 bits per heavy atom. The molecule has 0 saturated heterocycles. The van der Waals surface area contributed by atoms with Crippen molar-refractivity contribution < 1.29 is 4.79 Å². The minimum atomic E-state index is -0.408. The highest BCUT2D eigenvalue weighted by Crippen LogP contribution is 2.23. The van der Waals surface area contributed by atoms with Gasteiger partial charge in [-0.25, -0.2) is 9.97 Å². The molecule has 0 saturated carbocycles. The van der Waals surface area contributed by atoms with Crippen molar-refractivity contribution in [1.29, 1.82) is 5.26 Å². The first kappa shape index (κ1) is 13.5. The molecule has 0 aliphatic carbocycles. The molecule has 0 bridgehead atoms. The number of anilines is 1. The van der Waals surface area contributed by atoms with Crippen LogP contribution >= 0.6 is 27.5 Å². The van der Waals surface area contributed by atoms with Crippen molar-refractivity contribution in [2.45, 2.75) is 0 Å². The lowest BCUT2D eigenvalue weighted by molar-refractivity contribution is 0.102. The Morgan fingerprint density at radius 3 is 2.74 bits per heavy atom. The smallest absolute Gasteiger partial charge is 0.275 e. The summed E-state index contributed by atoms with van der Waals surface area (Å²) in [6.07, 6.45) is 2.58. The van der Waals surface area contributed by atoms with E-state index < -0.39 is 5.91 Å². The number of halogens is 2.